The minimum Gasteiger partial charge on any atom is -0.316 e. The molecule has 2 aromatic carbocycles. The molecule has 0 aliphatic carbocycles. The molecular formula is C23H20N4O2S. The summed E-state index contributed by atoms with van der Waals surface area (Å²) >= 11 is 1.53. The van der Waals surface area contributed by atoms with Crippen LogP contribution < -0.4 is 4.80 Å². The van der Waals surface area contributed by atoms with Gasteiger partial charge in [-0.2, -0.15) is 0 Å². The van der Waals surface area contributed by atoms with Gasteiger partial charge in [-0.1, -0.05) is 42.5 Å². The number of nitro benzene ring substituents is 1. The molecule has 4 rings (SSSR count). The highest BCUT2D eigenvalue weighted by Crippen LogP contribution is 2.25. The van der Waals surface area contributed by atoms with Crippen LogP contribution in [0.4, 0.5) is 11.4 Å². The van der Waals surface area contributed by atoms with Gasteiger partial charge in [0, 0.05) is 35.8 Å². The molecule has 4 aromatic rings. The van der Waals surface area contributed by atoms with E-state index in [1.807, 2.05) is 41.8 Å². The molecule has 0 unspecified atom stereocenters. The van der Waals surface area contributed by atoms with Crippen molar-refractivity contribution in [2.75, 3.05) is 0 Å². The molecule has 150 valence electrons. The Bertz CT molecular complexity index is 1200. The molecule has 0 N–H and O–H groups in total. The number of thiazole rings is 1. The van der Waals surface area contributed by atoms with Crippen molar-refractivity contribution in [3.63, 3.8) is 0 Å². The van der Waals surface area contributed by atoms with Crippen LogP contribution in [-0.2, 0) is 13.0 Å². The number of aromatic nitrogens is 2. The minimum atomic E-state index is -0.365. The van der Waals surface area contributed by atoms with Crippen LogP contribution in [0.25, 0.3) is 11.3 Å². The highest BCUT2D eigenvalue weighted by molar-refractivity contribution is 7.07. The Balaban J connectivity index is 1.70. The Kier molecular flexibility index (Phi) is 6.10. The molecule has 0 saturated heterocycles. The van der Waals surface area contributed by atoms with Crippen LogP contribution in [0.5, 0.6) is 0 Å². The second kappa shape index (κ2) is 9.28. The topological polar surface area (TPSA) is 73.3 Å². The fourth-order valence-electron chi connectivity index (χ4n) is 3.26. The van der Waals surface area contributed by atoms with Gasteiger partial charge in [-0.25, -0.2) is 4.99 Å². The predicted octanol–water partition coefficient (Wildman–Crippen LogP) is 5.39. The summed E-state index contributed by atoms with van der Waals surface area (Å²) in [6, 6.07) is 20.9. The summed E-state index contributed by atoms with van der Waals surface area (Å²) in [5.41, 5.74) is 3.89. The molecule has 0 fully saturated rings. The molecule has 0 spiro atoms. The van der Waals surface area contributed by atoms with Crippen LogP contribution in [0.15, 0.2) is 89.5 Å². The molecule has 0 amide bonds. The summed E-state index contributed by atoms with van der Waals surface area (Å²) in [5, 5.41) is 13.2. The third-order valence-electron chi connectivity index (χ3n) is 4.71. The van der Waals surface area contributed by atoms with E-state index in [4.69, 9.17) is 4.99 Å². The first kappa shape index (κ1) is 19.7. The minimum absolute atomic E-state index is 0.0836. The third kappa shape index (κ3) is 4.69. The Morgan fingerprint density at radius 3 is 2.70 bits per heavy atom. The maximum absolute atomic E-state index is 11.2. The molecule has 2 heterocycles. The zero-order valence-corrected chi connectivity index (χ0v) is 17.0. The van der Waals surface area contributed by atoms with Gasteiger partial charge in [0.25, 0.3) is 5.69 Å². The third-order valence-corrected chi connectivity index (χ3v) is 5.57. The second-order valence-corrected chi connectivity index (χ2v) is 7.61. The van der Waals surface area contributed by atoms with Gasteiger partial charge in [-0.05, 0) is 30.5 Å². The summed E-state index contributed by atoms with van der Waals surface area (Å²) in [6.45, 7) is 0.759. The van der Waals surface area contributed by atoms with E-state index in [0.717, 1.165) is 41.1 Å². The summed E-state index contributed by atoms with van der Waals surface area (Å²) < 4.78 is 2.14. The first-order valence-corrected chi connectivity index (χ1v) is 10.5. The molecule has 6 nitrogen and oxygen atoms in total. The van der Waals surface area contributed by atoms with E-state index in [1.165, 1.54) is 23.0 Å². The number of aryl methyl sites for hydroxylation is 1. The van der Waals surface area contributed by atoms with E-state index in [2.05, 4.69) is 21.7 Å². The highest BCUT2D eigenvalue weighted by Gasteiger charge is 2.12. The standard InChI is InChI=1S/C23H20N4O2S/c28-27(29)21-12-4-10-19(15-21)22-17-30-23(25-20-11-5-13-24-16-20)26(22)14-6-9-18-7-2-1-3-8-18/h1-5,7-8,10-13,15-17H,6,9,14H2. The smallest absolute Gasteiger partial charge is 0.270 e. The average molecular weight is 417 g/mol. The molecule has 0 aliphatic heterocycles. The van der Waals surface area contributed by atoms with Gasteiger partial charge >= 0.3 is 0 Å². The van der Waals surface area contributed by atoms with Gasteiger partial charge in [0.1, 0.15) is 0 Å². The first-order valence-electron chi connectivity index (χ1n) is 9.62. The lowest BCUT2D eigenvalue weighted by Gasteiger charge is -2.09. The molecule has 2 aromatic heterocycles. The van der Waals surface area contributed by atoms with Crippen LogP contribution in [-0.4, -0.2) is 14.5 Å². The van der Waals surface area contributed by atoms with E-state index < -0.39 is 0 Å². The number of benzene rings is 2. The fourth-order valence-corrected chi connectivity index (χ4v) is 4.22. The van der Waals surface area contributed by atoms with Gasteiger partial charge in [-0.3, -0.25) is 15.1 Å². The Morgan fingerprint density at radius 1 is 1.07 bits per heavy atom. The maximum Gasteiger partial charge on any atom is 0.270 e. The molecule has 0 saturated carbocycles. The molecule has 0 atom stereocenters. The number of hydrogen-bond acceptors (Lipinski definition) is 5. The van der Waals surface area contributed by atoms with Crippen molar-refractivity contribution in [3.05, 3.63) is 105 Å². The van der Waals surface area contributed by atoms with E-state index >= 15 is 0 Å². The lowest BCUT2D eigenvalue weighted by Crippen LogP contribution is -2.16. The Labute approximate surface area is 178 Å². The number of nitrogens with zero attached hydrogens (tertiary/aromatic N) is 4. The van der Waals surface area contributed by atoms with Crippen molar-refractivity contribution in [2.45, 2.75) is 19.4 Å². The van der Waals surface area contributed by atoms with Crippen LogP contribution in [0.2, 0.25) is 0 Å². The van der Waals surface area contributed by atoms with Crippen molar-refractivity contribution >= 4 is 22.7 Å². The molecule has 30 heavy (non-hydrogen) atoms. The van der Waals surface area contributed by atoms with Gasteiger partial charge < -0.3 is 4.57 Å². The van der Waals surface area contributed by atoms with Crippen LogP contribution in [0.1, 0.15) is 12.0 Å². The maximum atomic E-state index is 11.2. The number of non-ortho nitro benzene ring substituents is 1. The molecule has 0 aliphatic rings. The number of rotatable bonds is 7. The largest absolute Gasteiger partial charge is 0.316 e. The van der Waals surface area contributed by atoms with Gasteiger partial charge in [0.05, 0.1) is 22.5 Å². The zero-order chi connectivity index (χ0) is 20.8. The number of pyridine rings is 1. The Morgan fingerprint density at radius 2 is 1.93 bits per heavy atom. The van der Waals surface area contributed by atoms with Crippen LogP contribution >= 0.6 is 11.3 Å². The van der Waals surface area contributed by atoms with Crippen LogP contribution in [0.3, 0.4) is 0 Å². The SMILES string of the molecule is O=[N+]([O-])c1cccc(-c2csc(=Nc3cccnc3)n2CCCc2ccccc2)c1. The van der Waals surface area contributed by atoms with E-state index in [1.54, 1.807) is 24.5 Å². The first-order chi connectivity index (χ1) is 14.7. The molecular weight excluding hydrogens is 396 g/mol. The van der Waals surface area contributed by atoms with Gasteiger partial charge in [0.2, 0.25) is 0 Å². The second-order valence-electron chi connectivity index (χ2n) is 6.77. The van der Waals surface area contributed by atoms with Crippen molar-refractivity contribution in [3.8, 4) is 11.3 Å². The van der Waals surface area contributed by atoms with Crippen molar-refractivity contribution in [1.29, 1.82) is 0 Å². The molecule has 0 radical (unpaired) electrons. The van der Waals surface area contributed by atoms with Gasteiger partial charge in [0.15, 0.2) is 4.80 Å². The zero-order valence-electron chi connectivity index (χ0n) is 16.2. The van der Waals surface area contributed by atoms with E-state index in [-0.39, 0.29) is 10.6 Å². The van der Waals surface area contributed by atoms with E-state index in [0.29, 0.717) is 0 Å². The number of hydrogen-bond donors (Lipinski definition) is 0. The highest BCUT2D eigenvalue weighted by atomic mass is 32.1. The van der Waals surface area contributed by atoms with Gasteiger partial charge in [-0.15, -0.1) is 11.3 Å². The number of nitro groups is 1. The van der Waals surface area contributed by atoms with Crippen molar-refractivity contribution < 1.29 is 4.92 Å². The lowest BCUT2D eigenvalue weighted by atomic mass is 10.1. The van der Waals surface area contributed by atoms with Crippen molar-refractivity contribution in [1.82, 2.24) is 9.55 Å². The van der Waals surface area contributed by atoms with Crippen LogP contribution in [0, 0.1) is 10.1 Å². The average Bonchev–Trinajstić information content (AvgIpc) is 3.17. The summed E-state index contributed by atoms with van der Waals surface area (Å²) in [5.74, 6) is 0. The lowest BCUT2D eigenvalue weighted by molar-refractivity contribution is -0.384. The summed E-state index contributed by atoms with van der Waals surface area (Å²) in [4.78, 5) is 20.6. The Hall–Kier alpha value is -3.58. The monoisotopic (exact) mass is 416 g/mol. The predicted molar refractivity (Wildman–Crippen MR) is 119 cm³/mol. The summed E-state index contributed by atoms with van der Waals surface area (Å²) in [6.07, 6.45) is 5.32. The van der Waals surface area contributed by atoms with Crippen molar-refractivity contribution in [2.24, 2.45) is 4.99 Å². The quantitative estimate of drug-likeness (QED) is 0.300. The molecule has 7 heteroatoms. The normalized spacial score (nSPS) is 11.5. The fraction of sp³-hybridized carbons (Fsp3) is 0.130. The van der Waals surface area contributed by atoms with E-state index in [9.17, 15) is 10.1 Å². The summed E-state index contributed by atoms with van der Waals surface area (Å²) in [7, 11) is 0. The molecule has 0 bridgehead atoms.